The molecule has 1 saturated heterocycles. The zero-order valence-electron chi connectivity index (χ0n) is 16.5. The summed E-state index contributed by atoms with van der Waals surface area (Å²) in [5.41, 5.74) is 4.51. The van der Waals surface area contributed by atoms with Crippen LogP contribution in [0.5, 0.6) is 0 Å². The molecule has 0 aliphatic carbocycles. The number of nitrogens with zero attached hydrogens (tertiary/aromatic N) is 3. The number of piperidine rings is 1. The minimum Gasteiger partial charge on any atom is -0.465 e. The predicted molar refractivity (Wildman–Crippen MR) is 108 cm³/mol. The highest BCUT2D eigenvalue weighted by atomic mass is 16.4. The van der Waals surface area contributed by atoms with Crippen molar-refractivity contribution in [2.45, 2.75) is 39.5 Å². The molecule has 0 spiro atoms. The normalized spacial score (nSPS) is 15.2. The summed E-state index contributed by atoms with van der Waals surface area (Å²) in [6.45, 7) is 6.77. The van der Waals surface area contributed by atoms with Gasteiger partial charge in [-0.25, -0.2) is 14.8 Å². The fourth-order valence-corrected chi connectivity index (χ4v) is 3.70. The summed E-state index contributed by atoms with van der Waals surface area (Å²) in [6.07, 6.45) is 5.39. The van der Waals surface area contributed by atoms with Gasteiger partial charge in [0.05, 0.1) is 11.3 Å². The third-order valence-electron chi connectivity index (χ3n) is 5.03. The molecule has 0 bridgehead atoms. The minimum absolute atomic E-state index is 0.0610. The van der Waals surface area contributed by atoms with Crippen LogP contribution in [0.15, 0.2) is 30.5 Å². The maximum atomic E-state index is 12.9. The van der Waals surface area contributed by atoms with E-state index in [9.17, 15) is 9.59 Å². The summed E-state index contributed by atoms with van der Waals surface area (Å²) in [5.74, 6) is 0.547. The number of benzene rings is 1. The van der Waals surface area contributed by atoms with Crippen LogP contribution in [0.1, 0.15) is 57.3 Å². The fraction of sp³-hybridized carbons (Fsp3) is 0.364. The Labute approximate surface area is 164 Å². The molecule has 2 heterocycles. The summed E-state index contributed by atoms with van der Waals surface area (Å²) in [4.78, 5) is 34.2. The number of likely N-dealkylation sites (tertiary alicyclic amines) is 1. The fourth-order valence-electron chi connectivity index (χ4n) is 3.70. The average molecular weight is 379 g/mol. The monoisotopic (exact) mass is 379 g/mol. The zero-order chi connectivity index (χ0) is 20.3. The van der Waals surface area contributed by atoms with Gasteiger partial charge in [0.2, 0.25) is 0 Å². The van der Waals surface area contributed by atoms with E-state index in [1.54, 1.807) is 19.2 Å². The first-order valence-corrected chi connectivity index (χ1v) is 9.45. The van der Waals surface area contributed by atoms with Gasteiger partial charge in [-0.1, -0.05) is 35.4 Å². The Balaban J connectivity index is 1.83. The molecule has 1 amide bonds. The molecule has 2 aromatic rings. The molecule has 1 N–H and O–H groups in total. The Morgan fingerprint density at radius 3 is 2.36 bits per heavy atom. The van der Waals surface area contributed by atoms with Crippen LogP contribution >= 0.6 is 0 Å². The van der Waals surface area contributed by atoms with Crippen LogP contribution in [0.2, 0.25) is 0 Å². The molecule has 1 aromatic carbocycles. The van der Waals surface area contributed by atoms with Crippen LogP contribution in [0.3, 0.4) is 0 Å². The van der Waals surface area contributed by atoms with E-state index in [-0.39, 0.29) is 11.7 Å². The van der Waals surface area contributed by atoms with Crippen LogP contribution < -0.4 is 0 Å². The van der Waals surface area contributed by atoms with Crippen LogP contribution in [0.25, 0.3) is 6.08 Å². The molecule has 3 rings (SSSR count). The molecule has 6 heteroatoms. The van der Waals surface area contributed by atoms with Gasteiger partial charge < -0.3 is 10.0 Å². The van der Waals surface area contributed by atoms with Crippen molar-refractivity contribution in [3.05, 3.63) is 64.2 Å². The second kappa shape index (κ2) is 8.33. The molecule has 0 radical (unpaired) electrons. The number of carbonyl (C=O) groups is 2. The second-order valence-corrected chi connectivity index (χ2v) is 7.38. The van der Waals surface area contributed by atoms with Gasteiger partial charge >= 0.3 is 6.09 Å². The molecule has 0 saturated carbocycles. The van der Waals surface area contributed by atoms with Crippen molar-refractivity contribution in [2.24, 2.45) is 0 Å². The lowest BCUT2D eigenvalue weighted by Crippen LogP contribution is -2.37. The van der Waals surface area contributed by atoms with E-state index < -0.39 is 6.09 Å². The second-order valence-electron chi connectivity index (χ2n) is 7.38. The smallest absolute Gasteiger partial charge is 0.407 e. The number of hydrogen-bond acceptors (Lipinski definition) is 4. The molecule has 28 heavy (non-hydrogen) atoms. The summed E-state index contributed by atoms with van der Waals surface area (Å²) < 4.78 is 0. The van der Waals surface area contributed by atoms with Crippen LogP contribution in [0.4, 0.5) is 4.79 Å². The van der Waals surface area contributed by atoms with Crippen molar-refractivity contribution >= 4 is 18.0 Å². The molecule has 1 aliphatic heterocycles. The highest BCUT2D eigenvalue weighted by Crippen LogP contribution is 2.29. The van der Waals surface area contributed by atoms with Crippen molar-refractivity contribution in [2.75, 3.05) is 13.1 Å². The van der Waals surface area contributed by atoms with Gasteiger partial charge in [0.15, 0.2) is 5.78 Å². The average Bonchev–Trinajstić information content (AvgIpc) is 2.65. The first kappa shape index (κ1) is 19.7. The van der Waals surface area contributed by atoms with E-state index in [1.165, 1.54) is 4.90 Å². The third-order valence-corrected chi connectivity index (χ3v) is 5.03. The first-order chi connectivity index (χ1) is 13.3. The van der Waals surface area contributed by atoms with Gasteiger partial charge in [-0.2, -0.15) is 0 Å². The molecule has 146 valence electrons. The maximum absolute atomic E-state index is 12.9. The summed E-state index contributed by atoms with van der Waals surface area (Å²) in [5, 5.41) is 9.14. The molecule has 1 aromatic heterocycles. The number of aryl methyl sites for hydroxylation is 3. The molecule has 6 nitrogen and oxygen atoms in total. The van der Waals surface area contributed by atoms with Gasteiger partial charge in [-0.15, -0.1) is 0 Å². The van der Waals surface area contributed by atoms with Gasteiger partial charge in [-0.05, 0) is 45.3 Å². The summed E-state index contributed by atoms with van der Waals surface area (Å²) >= 11 is 0. The van der Waals surface area contributed by atoms with Crippen LogP contribution in [0, 0.1) is 20.8 Å². The van der Waals surface area contributed by atoms with E-state index in [0.717, 1.165) is 22.4 Å². The number of carboxylic acid groups (broad SMARTS) is 1. The summed E-state index contributed by atoms with van der Waals surface area (Å²) in [7, 11) is 0. The van der Waals surface area contributed by atoms with Crippen molar-refractivity contribution in [3.63, 3.8) is 0 Å². The SMILES string of the molecule is Cc1cc(C)cc(/C=C/C(=O)c2cnc(C)nc2C2CCN(C(=O)O)CC2)c1. The Bertz CT molecular complexity index is 908. The van der Waals surface area contributed by atoms with Gasteiger partial charge in [0, 0.05) is 25.2 Å². The lowest BCUT2D eigenvalue weighted by Gasteiger charge is -2.30. The van der Waals surface area contributed by atoms with E-state index in [4.69, 9.17) is 5.11 Å². The Kier molecular flexibility index (Phi) is 5.87. The molecule has 0 unspecified atom stereocenters. The van der Waals surface area contributed by atoms with E-state index in [1.807, 2.05) is 32.1 Å². The van der Waals surface area contributed by atoms with E-state index in [0.29, 0.717) is 37.3 Å². The van der Waals surface area contributed by atoms with Crippen LogP contribution in [-0.4, -0.2) is 44.9 Å². The predicted octanol–water partition coefficient (Wildman–Crippen LogP) is 4.16. The zero-order valence-corrected chi connectivity index (χ0v) is 16.5. The maximum Gasteiger partial charge on any atom is 0.407 e. The number of allylic oxidation sites excluding steroid dienone is 1. The highest BCUT2D eigenvalue weighted by molar-refractivity contribution is 6.07. The third kappa shape index (κ3) is 4.63. The topological polar surface area (TPSA) is 83.4 Å². The van der Waals surface area contributed by atoms with Gasteiger partial charge in [0.1, 0.15) is 5.82 Å². The molecular formula is C22H25N3O3. The number of rotatable bonds is 4. The number of aromatic nitrogens is 2. The van der Waals surface area contributed by atoms with Gasteiger partial charge in [0.25, 0.3) is 0 Å². The molecule has 0 atom stereocenters. The van der Waals surface area contributed by atoms with Crippen LogP contribution in [-0.2, 0) is 0 Å². The van der Waals surface area contributed by atoms with Crippen molar-refractivity contribution < 1.29 is 14.7 Å². The molecule has 1 fully saturated rings. The molecular weight excluding hydrogens is 354 g/mol. The lowest BCUT2D eigenvalue weighted by molar-refractivity contribution is 0.104. The first-order valence-electron chi connectivity index (χ1n) is 9.45. The van der Waals surface area contributed by atoms with Crippen molar-refractivity contribution in [1.82, 2.24) is 14.9 Å². The largest absolute Gasteiger partial charge is 0.465 e. The minimum atomic E-state index is -0.898. The standard InChI is InChI=1S/C22H25N3O3/c1-14-10-15(2)12-17(11-14)4-5-20(26)19-13-23-16(3)24-21(19)18-6-8-25(9-7-18)22(27)28/h4-5,10-13,18H,6-9H2,1-3H3,(H,27,28)/b5-4+. The number of ketones is 1. The van der Waals surface area contributed by atoms with Crippen molar-refractivity contribution in [3.8, 4) is 0 Å². The van der Waals surface area contributed by atoms with Crippen molar-refractivity contribution in [1.29, 1.82) is 0 Å². The Morgan fingerprint density at radius 2 is 1.75 bits per heavy atom. The highest BCUT2D eigenvalue weighted by Gasteiger charge is 2.27. The Morgan fingerprint density at radius 1 is 1.11 bits per heavy atom. The molecule has 1 aliphatic rings. The lowest BCUT2D eigenvalue weighted by atomic mass is 9.89. The van der Waals surface area contributed by atoms with E-state index >= 15 is 0 Å². The number of hydrogen-bond donors (Lipinski definition) is 1. The number of carbonyl (C=O) groups excluding carboxylic acids is 1. The summed E-state index contributed by atoms with van der Waals surface area (Å²) in [6, 6.07) is 6.16. The quantitative estimate of drug-likeness (QED) is 0.637. The van der Waals surface area contributed by atoms with E-state index in [2.05, 4.69) is 16.0 Å². The Hall–Kier alpha value is -3.02. The van der Waals surface area contributed by atoms with Gasteiger partial charge in [-0.3, -0.25) is 4.79 Å². The number of amides is 1.